The lowest BCUT2D eigenvalue weighted by molar-refractivity contribution is -0.129. The molecule has 1 aromatic rings. The van der Waals surface area contributed by atoms with E-state index in [1.807, 2.05) is 24.8 Å². The molecule has 1 saturated heterocycles. The molecule has 0 aromatic carbocycles. The molecule has 1 aliphatic rings. The van der Waals surface area contributed by atoms with E-state index < -0.39 is 0 Å². The van der Waals surface area contributed by atoms with Gasteiger partial charge in [0.25, 0.3) is 0 Å². The van der Waals surface area contributed by atoms with Gasteiger partial charge in [-0.1, -0.05) is 0 Å². The van der Waals surface area contributed by atoms with Crippen LogP contribution in [0.4, 0.5) is 5.95 Å². The minimum atomic E-state index is 0.226. The first-order chi connectivity index (χ1) is 8.65. The summed E-state index contributed by atoms with van der Waals surface area (Å²) in [5.41, 5.74) is 1.88. The first kappa shape index (κ1) is 12.8. The van der Waals surface area contributed by atoms with Gasteiger partial charge in [0.15, 0.2) is 0 Å². The third kappa shape index (κ3) is 3.42. The number of hydrogen-bond donors (Lipinski definition) is 1. The van der Waals surface area contributed by atoms with E-state index in [2.05, 4.69) is 15.3 Å². The number of nitrogens with one attached hydrogen (secondary N) is 1. The lowest BCUT2D eigenvalue weighted by Gasteiger charge is -2.15. The fraction of sp³-hybridized carbons (Fsp3) is 0.615. The number of amides is 1. The number of rotatable bonds is 4. The number of carbonyl (C=O) groups excluding carboxylic acids is 1. The van der Waals surface area contributed by atoms with Crippen molar-refractivity contribution >= 4 is 11.9 Å². The van der Waals surface area contributed by atoms with E-state index in [-0.39, 0.29) is 5.91 Å². The molecule has 0 bridgehead atoms. The molecule has 1 fully saturated rings. The maximum atomic E-state index is 11.8. The minimum absolute atomic E-state index is 0.226. The van der Waals surface area contributed by atoms with Crippen molar-refractivity contribution in [2.75, 3.05) is 25.0 Å². The first-order valence-corrected chi connectivity index (χ1v) is 6.49. The second kappa shape index (κ2) is 5.80. The minimum Gasteiger partial charge on any atom is -0.354 e. The van der Waals surface area contributed by atoms with Gasteiger partial charge in [0, 0.05) is 37.4 Å². The molecule has 1 amide bonds. The molecule has 2 heterocycles. The molecular formula is C13H20N4O. The van der Waals surface area contributed by atoms with Crippen LogP contribution in [0.3, 0.4) is 0 Å². The summed E-state index contributed by atoms with van der Waals surface area (Å²) in [5.74, 6) is 0.839. The van der Waals surface area contributed by atoms with Crippen molar-refractivity contribution in [2.45, 2.75) is 33.1 Å². The molecule has 1 aromatic heterocycles. The van der Waals surface area contributed by atoms with Crippen molar-refractivity contribution in [3.8, 4) is 0 Å². The van der Waals surface area contributed by atoms with Gasteiger partial charge in [-0.3, -0.25) is 4.79 Å². The van der Waals surface area contributed by atoms with Gasteiger partial charge in [0.1, 0.15) is 0 Å². The molecule has 0 radical (unpaired) electrons. The lowest BCUT2D eigenvalue weighted by Crippen LogP contribution is -2.29. The topological polar surface area (TPSA) is 58.1 Å². The Morgan fingerprint density at radius 2 is 1.89 bits per heavy atom. The maximum absolute atomic E-state index is 11.8. The molecule has 2 rings (SSSR count). The Morgan fingerprint density at radius 3 is 2.50 bits per heavy atom. The number of likely N-dealkylation sites (tertiary alicyclic amines) is 1. The summed E-state index contributed by atoms with van der Waals surface area (Å²) in [6.07, 6.45) is 2.79. The highest BCUT2D eigenvalue weighted by atomic mass is 16.2. The number of aryl methyl sites for hydroxylation is 2. The molecule has 1 aliphatic heterocycles. The third-order valence-corrected chi connectivity index (χ3v) is 3.06. The van der Waals surface area contributed by atoms with Crippen molar-refractivity contribution < 1.29 is 4.79 Å². The molecular weight excluding hydrogens is 228 g/mol. The lowest BCUT2D eigenvalue weighted by atomic mass is 10.3. The summed E-state index contributed by atoms with van der Waals surface area (Å²) in [5, 5.41) is 3.11. The van der Waals surface area contributed by atoms with Crippen molar-refractivity contribution in [2.24, 2.45) is 0 Å². The van der Waals surface area contributed by atoms with Gasteiger partial charge < -0.3 is 10.2 Å². The zero-order valence-corrected chi connectivity index (χ0v) is 11.1. The van der Waals surface area contributed by atoms with Crippen molar-refractivity contribution in [3.05, 3.63) is 17.5 Å². The van der Waals surface area contributed by atoms with Gasteiger partial charge in [0.05, 0.1) is 0 Å². The molecule has 5 nitrogen and oxygen atoms in total. The molecule has 0 saturated carbocycles. The van der Waals surface area contributed by atoms with Gasteiger partial charge in [-0.15, -0.1) is 0 Å². The SMILES string of the molecule is Cc1cc(C)nc(NCCC(=O)N2CCCC2)n1. The Bertz CT molecular complexity index is 407. The molecule has 0 spiro atoms. The summed E-state index contributed by atoms with van der Waals surface area (Å²) < 4.78 is 0. The second-order valence-corrected chi connectivity index (χ2v) is 4.74. The number of hydrogen-bond acceptors (Lipinski definition) is 4. The van der Waals surface area contributed by atoms with E-state index >= 15 is 0 Å². The van der Waals surface area contributed by atoms with Gasteiger partial charge in [-0.2, -0.15) is 0 Å². The van der Waals surface area contributed by atoms with Crippen LogP contribution in [0, 0.1) is 13.8 Å². The molecule has 18 heavy (non-hydrogen) atoms. The van der Waals surface area contributed by atoms with Crippen LogP contribution in [0.2, 0.25) is 0 Å². The van der Waals surface area contributed by atoms with Crippen LogP contribution in [-0.2, 0) is 4.79 Å². The van der Waals surface area contributed by atoms with E-state index in [0.29, 0.717) is 18.9 Å². The summed E-state index contributed by atoms with van der Waals surface area (Å²) >= 11 is 0. The predicted molar refractivity (Wildman–Crippen MR) is 70.4 cm³/mol. The van der Waals surface area contributed by atoms with Crippen LogP contribution < -0.4 is 5.32 Å². The second-order valence-electron chi connectivity index (χ2n) is 4.74. The highest BCUT2D eigenvalue weighted by Crippen LogP contribution is 2.09. The van der Waals surface area contributed by atoms with Crippen molar-refractivity contribution in [1.29, 1.82) is 0 Å². The summed E-state index contributed by atoms with van der Waals surface area (Å²) in [6.45, 7) is 6.31. The molecule has 0 aliphatic carbocycles. The van der Waals surface area contributed by atoms with E-state index in [4.69, 9.17) is 0 Å². The largest absolute Gasteiger partial charge is 0.354 e. The Morgan fingerprint density at radius 1 is 1.28 bits per heavy atom. The molecule has 0 atom stereocenters. The highest BCUT2D eigenvalue weighted by Gasteiger charge is 2.17. The zero-order chi connectivity index (χ0) is 13.0. The predicted octanol–water partition coefficient (Wildman–Crippen LogP) is 1.52. The van der Waals surface area contributed by atoms with Crippen LogP contribution in [0.5, 0.6) is 0 Å². The number of carbonyl (C=O) groups is 1. The monoisotopic (exact) mass is 248 g/mol. The Balaban J connectivity index is 1.79. The van der Waals surface area contributed by atoms with E-state index in [1.165, 1.54) is 0 Å². The smallest absolute Gasteiger partial charge is 0.224 e. The van der Waals surface area contributed by atoms with Gasteiger partial charge in [-0.25, -0.2) is 9.97 Å². The fourth-order valence-corrected chi connectivity index (χ4v) is 2.21. The average molecular weight is 248 g/mol. The summed E-state index contributed by atoms with van der Waals surface area (Å²) in [4.78, 5) is 22.3. The van der Waals surface area contributed by atoms with Crippen LogP contribution in [0.15, 0.2) is 6.07 Å². The average Bonchev–Trinajstić information content (AvgIpc) is 2.80. The van der Waals surface area contributed by atoms with Crippen LogP contribution >= 0.6 is 0 Å². The Labute approximate surface area is 108 Å². The third-order valence-electron chi connectivity index (χ3n) is 3.06. The van der Waals surface area contributed by atoms with E-state index in [0.717, 1.165) is 37.3 Å². The number of aromatic nitrogens is 2. The fourth-order valence-electron chi connectivity index (χ4n) is 2.21. The highest BCUT2D eigenvalue weighted by molar-refractivity contribution is 5.76. The van der Waals surface area contributed by atoms with Gasteiger partial charge in [-0.05, 0) is 32.8 Å². The normalized spacial score (nSPS) is 14.9. The maximum Gasteiger partial charge on any atom is 0.224 e. The van der Waals surface area contributed by atoms with Crippen LogP contribution in [-0.4, -0.2) is 40.4 Å². The number of nitrogens with zero attached hydrogens (tertiary/aromatic N) is 3. The van der Waals surface area contributed by atoms with Crippen LogP contribution in [0.25, 0.3) is 0 Å². The summed E-state index contributed by atoms with van der Waals surface area (Å²) in [7, 11) is 0. The van der Waals surface area contributed by atoms with E-state index in [1.54, 1.807) is 0 Å². The number of anilines is 1. The van der Waals surface area contributed by atoms with Crippen molar-refractivity contribution in [1.82, 2.24) is 14.9 Å². The molecule has 0 unspecified atom stereocenters. The van der Waals surface area contributed by atoms with Crippen LogP contribution in [0.1, 0.15) is 30.7 Å². The van der Waals surface area contributed by atoms with E-state index in [9.17, 15) is 4.79 Å². The Hall–Kier alpha value is -1.65. The van der Waals surface area contributed by atoms with Gasteiger partial charge >= 0.3 is 0 Å². The molecule has 1 N–H and O–H groups in total. The Kier molecular flexibility index (Phi) is 4.12. The summed E-state index contributed by atoms with van der Waals surface area (Å²) in [6, 6.07) is 1.93. The molecule has 5 heteroatoms. The first-order valence-electron chi connectivity index (χ1n) is 6.49. The van der Waals surface area contributed by atoms with Gasteiger partial charge in [0.2, 0.25) is 11.9 Å². The standard InChI is InChI=1S/C13H20N4O/c1-10-9-11(2)16-13(15-10)14-6-5-12(18)17-7-3-4-8-17/h9H,3-8H2,1-2H3,(H,14,15,16). The van der Waals surface area contributed by atoms with Crippen molar-refractivity contribution in [3.63, 3.8) is 0 Å². The quantitative estimate of drug-likeness (QED) is 0.877. The molecule has 98 valence electrons. The zero-order valence-electron chi connectivity index (χ0n) is 11.1.